The summed E-state index contributed by atoms with van der Waals surface area (Å²) in [6, 6.07) is -0.466. The SMILES string of the molecule is CC(C)C1CCC(CN2CC(O)C(O)C(O)C2CO)CC1. The maximum atomic E-state index is 10.0. The molecule has 2 aliphatic rings. The molecule has 0 spiro atoms. The molecule has 4 N–H and O–H groups in total. The molecule has 4 atom stereocenters. The highest BCUT2D eigenvalue weighted by atomic mass is 16.4. The molecule has 4 unspecified atom stereocenters. The fraction of sp³-hybridized carbons (Fsp3) is 1.00. The van der Waals surface area contributed by atoms with Crippen LogP contribution in [0.15, 0.2) is 0 Å². The first-order valence-corrected chi connectivity index (χ1v) is 8.33. The summed E-state index contributed by atoms with van der Waals surface area (Å²) in [7, 11) is 0. The number of nitrogens with zero attached hydrogens (tertiary/aromatic N) is 1. The second-order valence-corrected chi connectivity index (χ2v) is 7.28. The minimum atomic E-state index is -1.16. The number of aliphatic hydroxyl groups is 4. The Balaban J connectivity index is 1.89. The predicted molar refractivity (Wildman–Crippen MR) is 80.8 cm³/mol. The zero-order valence-corrected chi connectivity index (χ0v) is 13.2. The number of aliphatic hydroxyl groups excluding tert-OH is 4. The zero-order chi connectivity index (χ0) is 15.6. The summed E-state index contributed by atoms with van der Waals surface area (Å²) < 4.78 is 0. The number of likely N-dealkylation sites (tertiary alicyclic amines) is 1. The summed E-state index contributed by atoms with van der Waals surface area (Å²) in [5, 5.41) is 39.1. The third-order valence-electron chi connectivity index (χ3n) is 5.54. The van der Waals surface area contributed by atoms with Crippen LogP contribution in [0.5, 0.6) is 0 Å². The lowest BCUT2D eigenvalue weighted by atomic mass is 9.76. The van der Waals surface area contributed by atoms with Gasteiger partial charge in [0.1, 0.15) is 12.2 Å². The molecule has 0 aromatic rings. The highest BCUT2D eigenvalue weighted by molar-refractivity contribution is 4.95. The van der Waals surface area contributed by atoms with Gasteiger partial charge in [-0.2, -0.15) is 0 Å². The van der Waals surface area contributed by atoms with Gasteiger partial charge in [0.2, 0.25) is 0 Å². The van der Waals surface area contributed by atoms with Gasteiger partial charge in [0.25, 0.3) is 0 Å². The van der Waals surface area contributed by atoms with Crippen LogP contribution in [0.4, 0.5) is 0 Å². The van der Waals surface area contributed by atoms with E-state index in [1.54, 1.807) is 0 Å². The van der Waals surface area contributed by atoms with Crippen molar-refractivity contribution < 1.29 is 20.4 Å². The largest absolute Gasteiger partial charge is 0.395 e. The van der Waals surface area contributed by atoms with Crippen molar-refractivity contribution in [2.75, 3.05) is 19.7 Å². The Morgan fingerprint density at radius 1 is 1.00 bits per heavy atom. The summed E-state index contributed by atoms with van der Waals surface area (Å²) >= 11 is 0. The molecule has 5 heteroatoms. The first-order chi connectivity index (χ1) is 9.93. The fourth-order valence-corrected chi connectivity index (χ4v) is 3.96. The van der Waals surface area contributed by atoms with Crippen LogP contribution in [0.25, 0.3) is 0 Å². The molecule has 0 aromatic heterocycles. The summed E-state index contributed by atoms with van der Waals surface area (Å²) in [4.78, 5) is 1.96. The first-order valence-electron chi connectivity index (χ1n) is 8.33. The third kappa shape index (κ3) is 3.96. The fourth-order valence-electron chi connectivity index (χ4n) is 3.96. The van der Waals surface area contributed by atoms with Gasteiger partial charge in [0.15, 0.2) is 0 Å². The molecule has 2 fully saturated rings. The van der Waals surface area contributed by atoms with Crippen LogP contribution in [0.2, 0.25) is 0 Å². The molecule has 0 bridgehead atoms. The van der Waals surface area contributed by atoms with E-state index in [2.05, 4.69) is 13.8 Å². The van der Waals surface area contributed by atoms with E-state index in [9.17, 15) is 20.4 Å². The minimum absolute atomic E-state index is 0.188. The topological polar surface area (TPSA) is 84.2 Å². The number of piperidine rings is 1. The highest BCUT2D eigenvalue weighted by Gasteiger charge is 2.41. The molecular weight excluding hydrogens is 270 g/mol. The third-order valence-corrected chi connectivity index (χ3v) is 5.54. The predicted octanol–water partition coefficient (Wildman–Crippen LogP) is 0.208. The lowest BCUT2D eigenvalue weighted by Crippen LogP contribution is -2.63. The molecule has 0 amide bonds. The van der Waals surface area contributed by atoms with Gasteiger partial charge in [0.05, 0.1) is 18.8 Å². The van der Waals surface area contributed by atoms with Crippen LogP contribution in [-0.4, -0.2) is 69.4 Å². The Morgan fingerprint density at radius 2 is 1.62 bits per heavy atom. The first kappa shape index (κ1) is 17.2. The Labute approximate surface area is 127 Å². The van der Waals surface area contributed by atoms with Gasteiger partial charge < -0.3 is 20.4 Å². The van der Waals surface area contributed by atoms with Crippen LogP contribution in [0.1, 0.15) is 39.5 Å². The number of rotatable bonds is 4. The van der Waals surface area contributed by atoms with Crippen LogP contribution < -0.4 is 0 Å². The van der Waals surface area contributed by atoms with Crippen LogP contribution in [0, 0.1) is 17.8 Å². The van der Waals surface area contributed by atoms with Crippen molar-refractivity contribution in [3.63, 3.8) is 0 Å². The molecule has 21 heavy (non-hydrogen) atoms. The van der Waals surface area contributed by atoms with Crippen molar-refractivity contribution >= 4 is 0 Å². The second-order valence-electron chi connectivity index (χ2n) is 7.28. The van der Waals surface area contributed by atoms with Gasteiger partial charge in [-0.3, -0.25) is 4.90 Å². The molecule has 1 aliphatic heterocycles. The van der Waals surface area contributed by atoms with Crippen LogP contribution in [-0.2, 0) is 0 Å². The van der Waals surface area contributed by atoms with E-state index in [1.165, 1.54) is 25.7 Å². The molecule has 1 aliphatic carbocycles. The smallest absolute Gasteiger partial charge is 0.109 e. The van der Waals surface area contributed by atoms with Crippen molar-refractivity contribution in [2.45, 2.75) is 63.9 Å². The monoisotopic (exact) mass is 301 g/mol. The second kappa shape index (κ2) is 7.38. The normalized spacial score (nSPS) is 42.4. The highest BCUT2D eigenvalue weighted by Crippen LogP contribution is 2.34. The van der Waals surface area contributed by atoms with E-state index in [1.807, 2.05) is 4.90 Å². The molecule has 1 heterocycles. The van der Waals surface area contributed by atoms with Gasteiger partial charge in [-0.1, -0.05) is 13.8 Å². The Hall–Kier alpha value is -0.200. The van der Waals surface area contributed by atoms with E-state index < -0.39 is 24.4 Å². The van der Waals surface area contributed by atoms with Gasteiger partial charge in [0, 0.05) is 13.1 Å². The van der Waals surface area contributed by atoms with E-state index in [4.69, 9.17) is 0 Å². The summed E-state index contributed by atoms with van der Waals surface area (Å²) in [6.07, 6.45) is 1.66. The Morgan fingerprint density at radius 3 is 2.14 bits per heavy atom. The lowest BCUT2D eigenvalue weighted by molar-refractivity contribution is -0.148. The minimum Gasteiger partial charge on any atom is -0.395 e. The molecule has 5 nitrogen and oxygen atoms in total. The average molecular weight is 301 g/mol. The Kier molecular flexibility index (Phi) is 6.03. The van der Waals surface area contributed by atoms with Crippen LogP contribution in [0.3, 0.4) is 0 Å². The number of hydrogen-bond donors (Lipinski definition) is 4. The number of hydrogen-bond acceptors (Lipinski definition) is 5. The van der Waals surface area contributed by atoms with Crippen LogP contribution >= 0.6 is 0 Å². The summed E-state index contributed by atoms with van der Waals surface area (Å²) in [6.45, 7) is 5.49. The standard InChI is InChI=1S/C16H31NO4/c1-10(2)12-5-3-11(4-6-12)7-17-8-14(19)16(21)15(20)13(17)9-18/h10-16,18-21H,3-9H2,1-2H3. The van der Waals surface area contributed by atoms with E-state index >= 15 is 0 Å². The quantitative estimate of drug-likeness (QED) is 0.596. The van der Waals surface area contributed by atoms with E-state index in [0.717, 1.165) is 18.4 Å². The van der Waals surface area contributed by atoms with Gasteiger partial charge in [-0.05, 0) is 43.4 Å². The molecule has 124 valence electrons. The van der Waals surface area contributed by atoms with Gasteiger partial charge in [-0.15, -0.1) is 0 Å². The average Bonchev–Trinajstić information content (AvgIpc) is 2.46. The summed E-state index contributed by atoms with van der Waals surface area (Å²) in [5.74, 6) is 2.11. The number of β-amino-alcohol motifs (C(OH)–C–C–N with tert-alkyl or cyclic N) is 1. The molecule has 1 saturated heterocycles. The zero-order valence-electron chi connectivity index (χ0n) is 13.2. The van der Waals surface area contributed by atoms with E-state index in [-0.39, 0.29) is 6.61 Å². The Bertz CT molecular complexity index is 317. The van der Waals surface area contributed by atoms with Crippen molar-refractivity contribution in [1.29, 1.82) is 0 Å². The molecular formula is C16H31NO4. The van der Waals surface area contributed by atoms with E-state index in [0.29, 0.717) is 12.5 Å². The van der Waals surface area contributed by atoms with Crippen molar-refractivity contribution in [3.8, 4) is 0 Å². The van der Waals surface area contributed by atoms with Crippen molar-refractivity contribution in [2.24, 2.45) is 17.8 Å². The maximum absolute atomic E-state index is 10.0. The van der Waals surface area contributed by atoms with Gasteiger partial charge in [-0.25, -0.2) is 0 Å². The van der Waals surface area contributed by atoms with Crippen molar-refractivity contribution in [1.82, 2.24) is 4.90 Å². The van der Waals surface area contributed by atoms with Gasteiger partial charge >= 0.3 is 0 Å². The summed E-state index contributed by atoms with van der Waals surface area (Å²) in [5.41, 5.74) is 0. The lowest BCUT2D eigenvalue weighted by Gasteiger charge is -2.45. The molecule has 2 rings (SSSR count). The molecule has 1 saturated carbocycles. The molecule has 0 radical (unpaired) electrons. The molecule has 0 aromatic carbocycles. The maximum Gasteiger partial charge on any atom is 0.109 e. The van der Waals surface area contributed by atoms with Crippen molar-refractivity contribution in [3.05, 3.63) is 0 Å².